The lowest BCUT2D eigenvalue weighted by atomic mass is 9.67. The maximum Gasteiger partial charge on any atom is 0.236 e. The Hall–Kier alpha value is -0.610. The van der Waals surface area contributed by atoms with E-state index in [1.807, 2.05) is 11.9 Å². The molecule has 2 aliphatic rings. The van der Waals surface area contributed by atoms with Gasteiger partial charge >= 0.3 is 0 Å². The van der Waals surface area contributed by atoms with Crippen LogP contribution in [0.25, 0.3) is 0 Å². The highest BCUT2D eigenvalue weighted by molar-refractivity contribution is 5.78. The molecule has 4 heteroatoms. The van der Waals surface area contributed by atoms with Gasteiger partial charge in [0, 0.05) is 26.2 Å². The second kappa shape index (κ2) is 6.02. The molecule has 0 spiro atoms. The van der Waals surface area contributed by atoms with E-state index in [2.05, 4.69) is 25.7 Å². The van der Waals surface area contributed by atoms with Gasteiger partial charge in [-0.1, -0.05) is 20.8 Å². The van der Waals surface area contributed by atoms with Crippen LogP contribution in [0.4, 0.5) is 0 Å². The quantitative estimate of drug-likeness (QED) is 0.835. The Balaban J connectivity index is 2.07. The predicted octanol–water partition coefficient (Wildman–Crippen LogP) is 1.55. The molecule has 1 aliphatic heterocycles. The third kappa shape index (κ3) is 3.34. The van der Waals surface area contributed by atoms with Gasteiger partial charge in [-0.3, -0.25) is 9.69 Å². The third-order valence-corrected chi connectivity index (χ3v) is 5.44. The molecule has 3 unspecified atom stereocenters. The molecule has 1 saturated carbocycles. The smallest absolute Gasteiger partial charge is 0.236 e. The lowest BCUT2D eigenvalue weighted by Gasteiger charge is -2.47. The molecular weight excluding hydrogens is 250 g/mol. The molecule has 4 nitrogen and oxygen atoms in total. The Morgan fingerprint density at radius 1 is 1.25 bits per heavy atom. The van der Waals surface area contributed by atoms with E-state index in [9.17, 15) is 4.79 Å². The zero-order chi connectivity index (χ0) is 14.9. The van der Waals surface area contributed by atoms with Gasteiger partial charge in [0.1, 0.15) is 0 Å². The number of carbonyl (C=O) groups excluding carboxylic acids is 1. The minimum Gasteiger partial charge on any atom is -0.343 e. The highest BCUT2D eigenvalue weighted by Crippen LogP contribution is 2.41. The number of piperazine rings is 1. The molecule has 2 fully saturated rings. The highest BCUT2D eigenvalue weighted by atomic mass is 16.2. The Bertz CT molecular complexity index is 350. The first-order valence-electron chi connectivity index (χ1n) is 8.01. The largest absolute Gasteiger partial charge is 0.343 e. The summed E-state index contributed by atoms with van der Waals surface area (Å²) in [5.41, 5.74) is 6.35. The normalized spacial score (nSPS) is 33.5. The number of amides is 1. The van der Waals surface area contributed by atoms with Gasteiger partial charge < -0.3 is 10.6 Å². The molecule has 2 N–H and O–H groups in total. The van der Waals surface area contributed by atoms with Gasteiger partial charge in [-0.15, -0.1) is 0 Å². The number of likely N-dealkylation sites (N-methyl/N-ethyl adjacent to an activating group) is 1. The van der Waals surface area contributed by atoms with Crippen LogP contribution in [0, 0.1) is 17.3 Å². The lowest BCUT2D eigenvalue weighted by molar-refractivity contribution is -0.136. The van der Waals surface area contributed by atoms with Gasteiger partial charge in [-0.25, -0.2) is 0 Å². The fourth-order valence-electron chi connectivity index (χ4n) is 3.78. The number of nitrogens with zero attached hydrogens (tertiary/aromatic N) is 2. The number of hydrogen-bond donors (Lipinski definition) is 1. The first kappa shape index (κ1) is 15.8. The van der Waals surface area contributed by atoms with Gasteiger partial charge in [0.2, 0.25) is 5.91 Å². The van der Waals surface area contributed by atoms with Crippen molar-refractivity contribution in [3.8, 4) is 0 Å². The topological polar surface area (TPSA) is 49.6 Å². The summed E-state index contributed by atoms with van der Waals surface area (Å²) in [5.74, 6) is 1.56. The summed E-state index contributed by atoms with van der Waals surface area (Å²) in [7, 11) is 1.90. The van der Waals surface area contributed by atoms with Crippen LogP contribution >= 0.6 is 0 Å². The van der Waals surface area contributed by atoms with Crippen LogP contribution in [0.5, 0.6) is 0 Å². The summed E-state index contributed by atoms with van der Waals surface area (Å²) < 4.78 is 0. The van der Waals surface area contributed by atoms with E-state index in [1.54, 1.807) is 0 Å². The maximum atomic E-state index is 12.0. The zero-order valence-electron chi connectivity index (χ0n) is 13.6. The van der Waals surface area contributed by atoms with Crippen LogP contribution in [0.1, 0.15) is 40.0 Å². The standard InChI is InChI=1S/C16H31N3O/c1-16(2,3)13-6-5-12(10-17)14(9-13)19-8-7-18(4)15(20)11-19/h12-14H,5-11,17H2,1-4H3. The van der Waals surface area contributed by atoms with Gasteiger partial charge in [0.25, 0.3) is 0 Å². The average molecular weight is 281 g/mol. The molecule has 0 bridgehead atoms. The first-order chi connectivity index (χ1) is 9.32. The van der Waals surface area contributed by atoms with Gasteiger partial charge in [-0.2, -0.15) is 0 Å². The summed E-state index contributed by atoms with van der Waals surface area (Å²) in [4.78, 5) is 16.2. The molecule has 0 radical (unpaired) electrons. The van der Waals surface area contributed by atoms with Crippen molar-refractivity contribution in [2.24, 2.45) is 23.0 Å². The molecule has 1 aliphatic carbocycles. The summed E-state index contributed by atoms with van der Waals surface area (Å²) in [6, 6.07) is 0.496. The summed E-state index contributed by atoms with van der Waals surface area (Å²) in [6.07, 6.45) is 3.69. The fourth-order valence-corrected chi connectivity index (χ4v) is 3.78. The molecule has 1 amide bonds. The van der Waals surface area contributed by atoms with Crippen LogP contribution in [-0.4, -0.2) is 55.0 Å². The Morgan fingerprint density at radius 2 is 1.95 bits per heavy atom. The summed E-state index contributed by atoms with van der Waals surface area (Å²) in [5, 5.41) is 0. The zero-order valence-corrected chi connectivity index (χ0v) is 13.6. The van der Waals surface area contributed by atoms with Crippen molar-refractivity contribution < 1.29 is 4.79 Å². The Labute approximate surface area is 123 Å². The fraction of sp³-hybridized carbons (Fsp3) is 0.938. The number of rotatable bonds is 2. The minimum absolute atomic E-state index is 0.255. The average Bonchev–Trinajstić information content (AvgIpc) is 2.40. The molecule has 3 atom stereocenters. The van der Waals surface area contributed by atoms with E-state index >= 15 is 0 Å². The number of hydrogen-bond acceptors (Lipinski definition) is 3. The number of carbonyl (C=O) groups is 1. The van der Waals surface area contributed by atoms with Crippen molar-refractivity contribution in [2.75, 3.05) is 33.2 Å². The monoisotopic (exact) mass is 281 g/mol. The second-order valence-electron chi connectivity index (χ2n) is 7.72. The molecule has 1 saturated heterocycles. The van der Waals surface area contributed by atoms with Crippen molar-refractivity contribution >= 4 is 5.91 Å². The van der Waals surface area contributed by atoms with E-state index in [1.165, 1.54) is 19.3 Å². The van der Waals surface area contributed by atoms with Crippen molar-refractivity contribution in [3.05, 3.63) is 0 Å². The molecule has 1 heterocycles. The van der Waals surface area contributed by atoms with E-state index in [-0.39, 0.29) is 5.91 Å². The third-order valence-electron chi connectivity index (χ3n) is 5.44. The van der Waals surface area contributed by atoms with Crippen LogP contribution in [0.3, 0.4) is 0 Å². The van der Waals surface area contributed by atoms with E-state index in [0.29, 0.717) is 23.9 Å². The van der Waals surface area contributed by atoms with Gasteiger partial charge in [0.05, 0.1) is 6.54 Å². The van der Waals surface area contributed by atoms with Crippen molar-refractivity contribution in [3.63, 3.8) is 0 Å². The van der Waals surface area contributed by atoms with E-state index < -0.39 is 0 Å². The van der Waals surface area contributed by atoms with Crippen LogP contribution in [0.2, 0.25) is 0 Å². The van der Waals surface area contributed by atoms with E-state index in [4.69, 9.17) is 5.73 Å². The molecule has 116 valence electrons. The molecule has 2 rings (SSSR count). The van der Waals surface area contributed by atoms with Gasteiger partial charge in [-0.05, 0) is 43.1 Å². The minimum atomic E-state index is 0.255. The van der Waals surface area contributed by atoms with Crippen LogP contribution in [-0.2, 0) is 4.79 Å². The first-order valence-corrected chi connectivity index (χ1v) is 8.01. The number of nitrogens with two attached hydrogens (primary N) is 1. The Morgan fingerprint density at radius 3 is 2.50 bits per heavy atom. The SMILES string of the molecule is CN1CCN(C2CC(C(C)(C)C)CCC2CN)CC1=O. The highest BCUT2D eigenvalue weighted by Gasteiger charge is 2.39. The molecule has 0 aromatic rings. The Kier molecular flexibility index (Phi) is 4.75. The summed E-state index contributed by atoms with van der Waals surface area (Å²) in [6.45, 7) is 10.2. The molecule has 0 aromatic carbocycles. The van der Waals surface area contributed by atoms with Crippen molar-refractivity contribution in [1.82, 2.24) is 9.80 Å². The summed E-state index contributed by atoms with van der Waals surface area (Å²) >= 11 is 0. The van der Waals surface area contributed by atoms with Crippen LogP contribution in [0.15, 0.2) is 0 Å². The van der Waals surface area contributed by atoms with Gasteiger partial charge in [0.15, 0.2) is 0 Å². The van der Waals surface area contributed by atoms with Crippen LogP contribution < -0.4 is 5.73 Å². The second-order valence-corrected chi connectivity index (χ2v) is 7.72. The predicted molar refractivity (Wildman–Crippen MR) is 82.3 cm³/mol. The molecular formula is C16H31N3O. The maximum absolute atomic E-state index is 12.0. The van der Waals surface area contributed by atoms with E-state index in [0.717, 1.165) is 25.6 Å². The van der Waals surface area contributed by atoms with Crippen molar-refractivity contribution in [1.29, 1.82) is 0 Å². The molecule has 20 heavy (non-hydrogen) atoms. The molecule has 0 aromatic heterocycles. The lowest BCUT2D eigenvalue weighted by Crippen LogP contribution is -2.56. The van der Waals surface area contributed by atoms with Crippen molar-refractivity contribution in [2.45, 2.75) is 46.1 Å².